The second-order valence-electron chi connectivity index (χ2n) is 8.33. The number of alkyl halides is 1. The molecule has 0 atom stereocenters. The lowest BCUT2D eigenvalue weighted by atomic mass is 9.82. The van der Waals surface area contributed by atoms with Crippen molar-refractivity contribution in [2.75, 3.05) is 19.1 Å². The van der Waals surface area contributed by atoms with Crippen LogP contribution in [-0.2, 0) is 33.4 Å². The van der Waals surface area contributed by atoms with Gasteiger partial charge in [-0.15, -0.1) is 11.6 Å². The molecule has 31 heavy (non-hydrogen) atoms. The van der Waals surface area contributed by atoms with Crippen LogP contribution in [0.4, 0.5) is 0 Å². The molecule has 1 N–H and O–H groups in total. The Balaban J connectivity index is 1.56. The molecule has 0 bridgehead atoms. The summed E-state index contributed by atoms with van der Waals surface area (Å²) in [5.41, 5.74) is 0. The summed E-state index contributed by atoms with van der Waals surface area (Å²) in [5, 5.41) is 9.04. The lowest BCUT2D eigenvalue weighted by Crippen LogP contribution is -2.32. The number of rotatable bonds is 11. The Morgan fingerprint density at radius 1 is 0.742 bits per heavy atom. The van der Waals surface area contributed by atoms with Crippen molar-refractivity contribution < 1.29 is 38.5 Å². The molecule has 176 valence electrons. The van der Waals surface area contributed by atoms with Gasteiger partial charge in [-0.3, -0.25) is 19.2 Å². The first-order valence-electron chi connectivity index (χ1n) is 11.2. The van der Waals surface area contributed by atoms with E-state index in [4.69, 9.17) is 30.9 Å². The van der Waals surface area contributed by atoms with Crippen molar-refractivity contribution in [3.8, 4) is 0 Å². The van der Waals surface area contributed by atoms with E-state index in [9.17, 15) is 19.2 Å². The second kappa shape index (κ2) is 13.6. The molecule has 0 saturated heterocycles. The van der Waals surface area contributed by atoms with Crippen LogP contribution < -0.4 is 0 Å². The molecule has 2 saturated carbocycles. The minimum Gasteiger partial charge on any atom is -0.481 e. The zero-order valence-corrected chi connectivity index (χ0v) is 18.6. The summed E-state index contributed by atoms with van der Waals surface area (Å²) < 4.78 is 15.9. The van der Waals surface area contributed by atoms with Crippen LogP contribution in [0.5, 0.6) is 0 Å². The van der Waals surface area contributed by atoms with Crippen LogP contribution in [0.1, 0.15) is 70.6 Å². The zero-order valence-electron chi connectivity index (χ0n) is 17.9. The van der Waals surface area contributed by atoms with Gasteiger partial charge in [0.1, 0.15) is 6.10 Å². The summed E-state index contributed by atoms with van der Waals surface area (Å²) in [6.07, 6.45) is 5.90. The van der Waals surface area contributed by atoms with Gasteiger partial charge in [0.05, 0.1) is 37.4 Å². The molecule has 9 heteroatoms. The molecule has 0 spiro atoms. The first-order valence-corrected chi connectivity index (χ1v) is 11.8. The average molecular weight is 461 g/mol. The number of hydrogen-bond acceptors (Lipinski definition) is 7. The SMILES string of the molecule is O=C(CCCl)OCCCCOC(=O)[C@H]1CC[C@H](C(=O)O[C@H]2CC[C@H](C(=O)O)CC2)CC1. The van der Waals surface area contributed by atoms with Crippen LogP contribution in [0, 0.1) is 17.8 Å². The molecular weight excluding hydrogens is 428 g/mol. The number of aliphatic carboxylic acids is 1. The summed E-state index contributed by atoms with van der Waals surface area (Å²) in [5.74, 6) is -2.06. The first kappa shape index (κ1) is 25.4. The van der Waals surface area contributed by atoms with Crippen molar-refractivity contribution in [2.24, 2.45) is 17.8 Å². The van der Waals surface area contributed by atoms with Gasteiger partial charge >= 0.3 is 23.9 Å². The lowest BCUT2D eigenvalue weighted by Gasteiger charge is -2.30. The molecule has 0 amide bonds. The minimum absolute atomic E-state index is 0.193. The highest BCUT2D eigenvalue weighted by atomic mass is 35.5. The van der Waals surface area contributed by atoms with E-state index < -0.39 is 5.97 Å². The fourth-order valence-corrected chi connectivity index (χ4v) is 4.24. The minimum atomic E-state index is -0.777. The third-order valence-corrected chi connectivity index (χ3v) is 6.23. The number of esters is 3. The number of carboxylic acids is 1. The number of carbonyl (C=O) groups is 4. The highest BCUT2D eigenvalue weighted by molar-refractivity contribution is 6.18. The number of carboxylic acid groups (broad SMARTS) is 1. The molecule has 2 aliphatic rings. The van der Waals surface area contributed by atoms with E-state index in [0.717, 1.165) is 0 Å². The van der Waals surface area contributed by atoms with Gasteiger partial charge in [0.15, 0.2) is 0 Å². The number of hydrogen-bond donors (Lipinski definition) is 1. The standard InChI is InChI=1S/C22H33ClO8/c23-12-11-19(24)29-13-1-2-14-30-21(27)16-3-5-17(6-4-16)22(28)31-18-9-7-15(8-10-18)20(25)26/h15-18H,1-14H2,(H,25,26)/t15-,16-,17-,18-. The van der Waals surface area contributed by atoms with Gasteiger partial charge in [-0.1, -0.05) is 0 Å². The molecule has 2 fully saturated rings. The Kier molecular flexibility index (Phi) is 11.1. The highest BCUT2D eigenvalue weighted by Crippen LogP contribution is 2.32. The largest absolute Gasteiger partial charge is 0.481 e. The fourth-order valence-electron chi connectivity index (χ4n) is 4.08. The van der Waals surface area contributed by atoms with Crippen molar-refractivity contribution in [1.82, 2.24) is 0 Å². The van der Waals surface area contributed by atoms with E-state index in [0.29, 0.717) is 70.8 Å². The average Bonchev–Trinajstić information content (AvgIpc) is 2.76. The molecule has 0 heterocycles. The van der Waals surface area contributed by atoms with Crippen LogP contribution in [0.3, 0.4) is 0 Å². The van der Waals surface area contributed by atoms with E-state index in [-0.39, 0.29) is 60.7 Å². The topological polar surface area (TPSA) is 116 Å². The number of unbranched alkanes of at least 4 members (excludes halogenated alkanes) is 1. The number of halogens is 1. The van der Waals surface area contributed by atoms with Gasteiger partial charge in [-0.05, 0) is 64.2 Å². The summed E-state index contributed by atoms with van der Waals surface area (Å²) in [4.78, 5) is 46.8. The maximum atomic E-state index is 12.4. The van der Waals surface area contributed by atoms with E-state index in [1.54, 1.807) is 0 Å². The fraction of sp³-hybridized carbons (Fsp3) is 0.818. The summed E-state index contributed by atoms with van der Waals surface area (Å²) >= 11 is 5.45. The maximum Gasteiger partial charge on any atom is 0.309 e. The predicted molar refractivity (Wildman–Crippen MR) is 111 cm³/mol. The Morgan fingerprint density at radius 2 is 1.26 bits per heavy atom. The summed E-state index contributed by atoms with van der Waals surface area (Å²) in [6.45, 7) is 0.575. The normalized spacial score (nSPS) is 26.0. The van der Waals surface area contributed by atoms with Gasteiger partial charge in [0, 0.05) is 5.88 Å². The van der Waals surface area contributed by atoms with Crippen molar-refractivity contribution in [3.05, 3.63) is 0 Å². The smallest absolute Gasteiger partial charge is 0.309 e. The van der Waals surface area contributed by atoms with Crippen molar-refractivity contribution in [2.45, 2.75) is 76.7 Å². The Morgan fingerprint density at radius 3 is 1.81 bits per heavy atom. The van der Waals surface area contributed by atoms with E-state index in [2.05, 4.69) is 0 Å². The number of carbonyl (C=O) groups excluding carboxylic acids is 3. The highest BCUT2D eigenvalue weighted by Gasteiger charge is 2.34. The van der Waals surface area contributed by atoms with Gasteiger partial charge in [0.25, 0.3) is 0 Å². The number of ether oxygens (including phenoxy) is 3. The molecule has 0 aromatic carbocycles. The Hall–Kier alpha value is -1.83. The van der Waals surface area contributed by atoms with Crippen LogP contribution >= 0.6 is 11.6 Å². The first-order chi connectivity index (χ1) is 14.9. The van der Waals surface area contributed by atoms with E-state index in [1.165, 1.54) is 0 Å². The molecule has 2 rings (SSSR count). The Labute approximate surface area is 187 Å². The Bertz CT molecular complexity index is 607. The van der Waals surface area contributed by atoms with Gasteiger partial charge in [-0.2, -0.15) is 0 Å². The third kappa shape index (κ3) is 9.05. The van der Waals surface area contributed by atoms with Crippen molar-refractivity contribution in [3.63, 3.8) is 0 Å². The molecular formula is C22H33ClO8. The van der Waals surface area contributed by atoms with Crippen molar-refractivity contribution in [1.29, 1.82) is 0 Å². The molecule has 0 aliphatic heterocycles. The van der Waals surface area contributed by atoms with Gasteiger partial charge in [-0.25, -0.2) is 0 Å². The molecule has 2 aliphatic carbocycles. The molecule has 8 nitrogen and oxygen atoms in total. The molecule has 0 aromatic rings. The van der Waals surface area contributed by atoms with E-state index in [1.807, 2.05) is 0 Å². The van der Waals surface area contributed by atoms with Gasteiger partial charge in [0.2, 0.25) is 0 Å². The lowest BCUT2D eigenvalue weighted by molar-refractivity contribution is -0.161. The summed E-state index contributed by atoms with van der Waals surface area (Å²) in [7, 11) is 0. The van der Waals surface area contributed by atoms with Crippen LogP contribution in [0.2, 0.25) is 0 Å². The molecule has 0 radical (unpaired) electrons. The van der Waals surface area contributed by atoms with E-state index >= 15 is 0 Å². The molecule has 0 aromatic heterocycles. The van der Waals surface area contributed by atoms with Crippen LogP contribution in [-0.4, -0.2) is 54.2 Å². The zero-order chi connectivity index (χ0) is 22.6. The maximum absolute atomic E-state index is 12.4. The van der Waals surface area contributed by atoms with Crippen molar-refractivity contribution >= 4 is 35.5 Å². The molecule has 0 unspecified atom stereocenters. The summed E-state index contributed by atoms with van der Waals surface area (Å²) in [6, 6.07) is 0. The van der Waals surface area contributed by atoms with Crippen LogP contribution in [0.25, 0.3) is 0 Å². The third-order valence-electron chi connectivity index (χ3n) is 6.04. The predicted octanol–water partition coefficient (Wildman–Crippen LogP) is 3.47. The second-order valence-corrected chi connectivity index (χ2v) is 8.71. The monoisotopic (exact) mass is 460 g/mol. The van der Waals surface area contributed by atoms with Crippen LogP contribution in [0.15, 0.2) is 0 Å². The van der Waals surface area contributed by atoms with Gasteiger partial charge < -0.3 is 19.3 Å². The quantitative estimate of drug-likeness (QED) is 0.215.